The number of aryl methyl sites for hydroxylation is 5. The van der Waals surface area contributed by atoms with Gasteiger partial charge >= 0.3 is 5.97 Å². The number of carbonyl (C=O) groups excluding carboxylic acids is 2. The van der Waals surface area contributed by atoms with Crippen molar-refractivity contribution in [3.05, 3.63) is 129 Å². The van der Waals surface area contributed by atoms with Crippen LogP contribution in [0.2, 0.25) is 0 Å². The Hall–Kier alpha value is -5.08. The number of nitrogens with zero attached hydrogens (tertiary/aromatic N) is 2. The zero-order valence-electron chi connectivity index (χ0n) is 28.8. The van der Waals surface area contributed by atoms with Crippen LogP contribution in [0.25, 0.3) is 32.6 Å². The number of sulfone groups is 1. The molecule has 0 atom stereocenters. The van der Waals surface area contributed by atoms with E-state index in [1.807, 2.05) is 120 Å². The number of carbonyl (C=O) groups is 2. The Morgan fingerprint density at radius 2 is 1.41 bits per heavy atom. The molecule has 6 aromatic rings. The van der Waals surface area contributed by atoms with Crippen molar-refractivity contribution in [1.82, 2.24) is 4.57 Å². The number of oxime groups is 1. The summed E-state index contributed by atoms with van der Waals surface area (Å²) in [4.78, 5) is 31.6. The van der Waals surface area contributed by atoms with Crippen molar-refractivity contribution in [2.45, 2.75) is 54.5 Å². The number of hydrogen-bond acceptors (Lipinski definition) is 6. The molecule has 0 fully saturated rings. The van der Waals surface area contributed by atoms with Crippen LogP contribution < -0.4 is 0 Å². The number of hydrogen-bond donors (Lipinski definition) is 0. The summed E-state index contributed by atoms with van der Waals surface area (Å²) >= 11 is 0. The summed E-state index contributed by atoms with van der Waals surface area (Å²) in [7, 11) is -3.29. The Morgan fingerprint density at radius 1 is 0.735 bits per heavy atom. The molecule has 1 aromatic heterocycles. The number of fused-ring (bicyclic) bond motifs is 5. The van der Waals surface area contributed by atoms with E-state index in [4.69, 9.17) is 4.84 Å². The maximum absolute atomic E-state index is 14.5. The maximum atomic E-state index is 14.5. The first-order chi connectivity index (χ1) is 23.4. The molecule has 0 spiro atoms. The molecule has 0 amide bonds. The smallest absolute Gasteiger partial charge is 0.332 e. The van der Waals surface area contributed by atoms with Gasteiger partial charge < -0.3 is 9.40 Å². The first-order valence-electron chi connectivity index (χ1n) is 16.5. The highest BCUT2D eigenvalue weighted by Crippen LogP contribution is 2.38. The Kier molecular flexibility index (Phi) is 9.27. The van der Waals surface area contributed by atoms with Gasteiger partial charge in [0, 0.05) is 63.2 Å². The molecule has 8 heteroatoms. The van der Waals surface area contributed by atoms with Crippen LogP contribution in [0.1, 0.15) is 69.6 Å². The van der Waals surface area contributed by atoms with Crippen molar-refractivity contribution in [3.63, 3.8) is 0 Å². The standard InChI is InChI=1S/C41H40N2O5S/c1-7-19-49(46,47)20-18-43-37-17-16-30(39(42-48-29(6)44)31-13-9-8-12-26(31)3)23-34(37)35-24-36(32-14-10-11-15-33(32)40(35)43)41(45)38-27(4)21-25(2)22-28(38)5/h8-17,21-24H,7,18-20H2,1-6H3/b42-39+. The highest BCUT2D eigenvalue weighted by atomic mass is 32.2. The predicted molar refractivity (Wildman–Crippen MR) is 199 cm³/mol. The van der Waals surface area contributed by atoms with Crippen molar-refractivity contribution < 1.29 is 22.8 Å². The molecule has 0 bridgehead atoms. The lowest BCUT2D eigenvalue weighted by Gasteiger charge is -2.14. The molecule has 0 aliphatic heterocycles. The lowest BCUT2D eigenvalue weighted by Crippen LogP contribution is -2.16. The van der Waals surface area contributed by atoms with Crippen LogP contribution in [0.15, 0.2) is 90.1 Å². The summed E-state index contributed by atoms with van der Waals surface area (Å²) in [5.41, 5.74) is 8.86. The molecule has 49 heavy (non-hydrogen) atoms. The lowest BCUT2D eigenvalue weighted by atomic mass is 9.89. The molecule has 0 aliphatic carbocycles. The molecule has 250 valence electrons. The third-order valence-electron chi connectivity index (χ3n) is 9.09. The Morgan fingerprint density at radius 3 is 2.08 bits per heavy atom. The number of rotatable bonds is 10. The molecule has 6 rings (SSSR count). The van der Waals surface area contributed by atoms with Crippen molar-refractivity contribution in [2.75, 3.05) is 11.5 Å². The molecule has 1 heterocycles. The normalized spacial score (nSPS) is 12.2. The summed E-state index contributed by atoms with van der Waals surface area (Å²) in [6, 6.07) is 27.5. The predicted octanol–water partition coefficient (Wildman–Crippen LogP) is 8.55. The van der Waals surface area contributed by atoms with Crippen LogP contribution in [0.3, 0.4) is 0 Å². The fourth-order valence-corrected chi connectivity index (χ4v) is 8.34. The molecule has 7 nitrogen and oxygen atoms in total. The summed E-state index contributed by atoms with van der Waals surface area (Å²) < 4.78 is 28.1. The van der Waals surface area contributed by atoms with Gasteiger partial charge in [0.15, 0.2) is 15.6 Å². The van der Waals surface area contributed by atoms with E-state index in [-0.39, 0.29) is 23.8 Å². The van der Waals surface area contributed by atoms with Crippen LogP contribution in [0.4, 0.5) is 0 Å². The number of ketones is 1. The third kappa shape index (κ3) is 6.53. The van der Waals surface area contributed by atoms with Gasteiger partial charge in [-0.3, -0.25) is 4.79 Å². The first-order valence-corrected chi connectivity index (χ1v) is 18.3. The minimum atomic E-state index is -3.29. The van der Waals surface area contributed by atoms with Gasteiger partial charge in [-0.15, -0.1) is 0 Å². The zero-order chi connectivity index (χ0) is 35.0. The van der Waals surface area contributed by atoms with Crippen molar-refractivity contribution in [3.8, 4) is 0 Å². The molecule has 0 N–H and O–H groups in total. The van der Waals surface area contributed by atoms with E-state index in [2.05, 4.69) is 9.72 Å². The van der Waals surface area contributed by atoms with Crippen LogP contribution in [0.5, 0.6) is 0 Å². The average Bonchev–Trinajstić information content (AvgIpc) is 3.36. The van der Waals surface area contributed by atoms with E-state index in [9.17, 15) is 18.0 Å². The Labute approximate surface area is 287 Å². The van der Waals surface area contributed by atoms with Gasteiger partial charge in [0.25, 0.3) is 0 Å². The van der Waals surface area contributed by atoms with Crippen LogP contribution >= 0.6 is 0 Å². The second kappa shape index (κ2) is 13.4. The van der Waals surface area contributed by atoms with E-state index >= 15 is 0 Å². The van der Waals surface area contributed by atoms with E-state index < -0.39 is 15.8 Å². The summed E-state index contributed by atoms with van der Waals surface area (Å²) in [6.45, 7) is 11.4. The number of aromatic nitrogens is 1. The van der Waals surface area contributed by atoms with Gasteiger partial charge in [0.1, 0.15) is 5.71 Å². The summed E-state index contributed by atoms with van der Waals surface area (Å²) in [5.74, 6) is -0.489. The van der Waals surface area contributed by atoms with E-state index in [0.717, 1.165) is 60.4 Å². The molecule has 0 radical (unpaired) electrons. The van der Waals surface area contributed by atoms with Gasteiger partial charge in [0.2, 0.25) is 0 Å². The van der Waals surface area contributed by atoms with E-state index in [0.29, 0.717) is 28.8 Å². The Balaban J connectivity index is 1.68. The van der Waals surface area contributed by atoms with Gasteiger partial charge in [-0.1, -0.05) is 84.4 Å². The Bertz CT molecular complexity index is 2410. The molecule has 0 saturated heterocycles. The molecule has 0 unspecified atom stereocenters. The lowest BCUT2D eigenvalue weighted by molar-refractivity contribution is -0.140. The fourth-order valence-electron chi connectivity index (χ4n) is 7.05. The zero-order valence-corrected chi connectivity index (χ0v) is 29.6. The van der Waals surface area contributed by atoms with Crippen molar-refractivity contribution in [1.29, 1.82) is 0 Å². The van der Waals surface area contributed by atoms with Crippen LogP contribution in [-0.2, 0) is 26.0 Å². The molecule has 0 saturated carbocycles. The minimum absolute atomic E-state index is 0.0133. The molecular weight excluding hydrogens is 633 g/mol. The average molecular weight is 673 g/mol. The van der Waals surface area contributed by atoms with Crippen molar-refractivity contribution in [2.24, 2.45) is 5.16 Å². The largest absolute Gasteiger partial charge is 0.339 e. The second-order valence-electron chi connectivity index (χ2n) is 12.8. The molecule has 0 aliphatic rings. The SMILES string of the molecule is CCCS(=O)(=O)CCn1c2ccc(/C(=N\OC(C)=O)c3ccccc3C)cc2c2cc(C(=O)c3c(C)cc(C)cc3C)c3ccccc3c21. The van der Waals surface area contributed by atoms with E-state index in [1.165, 1.54) is 6.92 Å². The fraction of sp³-hybridized carbons (Fsp3) is 0.244. The number of benzene rings is 5. The summed E-state index contributed by atoms with van der Waals surface area (Å²) in [5, 5.41) is 7.62. The first kappa shape index (κ1) is 33.8. The van der Waals surface area contributed by atoms with Crippen LogP contribution in [-0.4, -0.2) is 42.0 Å². The second-order valence-corrected chi connectivity index (χ2v) is 15.1. The van der Waals surface area contributed by atoms with Gasteiger partial charge in [-0.05, 0) is 74.4 Å². The maximum Gasteiger partial charge on any atom is 0.332 e. The van der Waals surface area contributed by atoms with Crippen LogP contribution in [0, 0.1) is 27.7 Å². The van der Waals surface area contributed by atoms with Gasteiger partial charge in [-0.2, -0.15) is 0 Å². The topological polar surface area (TPSA) is 94.8 Å². The third-order valence-corrected chi connectivity index (χ3v) is 10.9. The molecule has 5 aromatic carbocycles. The van der Waals surface area contributed by atoms with Crippen molar-refractivity contribution >= 4 is 59.9 Å². The highest BCUT2D eigenvalue weighted by molar-refractivity contribution is 7.91. The quantitative estimate of drug-likeness (QED) is 0.0629. The summed E-state index contributed by atoms with van der Waals surface area (Å²) in [6.07, 6.45) is 0.550. The van der Waals surface area contributed by atoms with Gasteiger partial charge in [0.05, 0.1) is 11.3 Å². The van der Waals surface area contributed by atoms with Gasteiger partial charge in [-0.25, -0.2) is 13.2 Å². The molecular formula is C41H40N2O5S. The highest BCUT2D eigenvalue weighted by Gasteiger charge is 2.24. The monoisotopic (exact) mass is 672 g/mol. The minimum Gasteiger partial charge on any atom is -0.339 e. The van der Waals surface area contributed by atoms with E-state index in [1.54, 1.807) is 0 Å².